The molecule has 5 N–H and O–H groups in total. The third kappa shape index (κ3) is 2.51. The van der Waals surface area contributed by atoms with E-state index in [0.717, 1.165) is 4.90 Å². The van der Waals surface area contributed by atoms with Crippen molar-refractivity contribution in [3.8, 4) is 0 Å². The molecule has 0 aliphatic rings. The van der Waals surface area contributed by atoms with Crippen LogP contribution in [-0.2, 0) is 0 Å². The maximum absolute atomic E-state index is 11.1. The number of nitrogens with one attached hydrogen (secondary N) is 1. The summed E-state index contributed by atoms with van der Waals surface area (Å²) in [5, 5.41) is 0.427. The fourth-order valence-corrected chi connectivity index (χ4v) is 1.83. The molecule has 0 bridgehead atoms. The van der Waals surface area contributed by atoms with Crippen LogP contribution in [0.1, 0.15) is 0 Å². The number of hydrogen-bond donors (Lipinski definition) is 3. The lowest BCUT2D eigenvalue weighted by molar-refractivity contribution is 0.944. The van der Waals surface area contributed by atoms with Crippen molar-refractivity contribution in [2.75, 3.05) is 11.5 Å². The maximum atomic E-state index is 11.1. The predicted molar refractivity (Wildman–Crippen MR) is 62.0 cm³/mol. The van der Waals surface area contributed by atoms with E-state index in [1.54, 1.807) is 18.3 Å². The van der Waals surface area contributed by atoms with Crippen LogP contribution in [0.4, 0.5) is 11.6 Å². The highest BCUT2D eigenvalue weighted by atomic mass is 32.2. The molecule has 0 aliphatic heterocycles. The Morgan fingerprint density at radius 1 is 1.25 bits per heavy atom. The molecule has 0 unspecified atom stereocenters. The van der Waals surface area contributed by atoms with Crippen molar-refractivity contribution in [2.24, 2.45) is 0 Å². The van der Waals surface area contributed by atoms with Gasteiger partial charge in [0.05, 0.1) is 0 Å². The zero-order valence-corrected chi connectivity index (χ0v) is 8.99. The fraction of sp³-hybridized carbons (Fsp3) is 0. The number of nitrogens with zero attached hydrogens (tertiary/aromatic N) is 2. The third-order valence-corrected chi connectivity index (χ3v) is 2.58. The van der Waals surface area contributed by atoms with Gasteiger partial charge in [-0.3, -0.25) is 4.79 Å². The van der Waals surface area contributed by atoms with Crippen molar-refractivity contribution in [1.82, 2.24) is 15.0 Å². The maximum Gasteiger partial charge on any atom is 0.253 e. The molecule has 7 heteroatoms. The van der Waals surface area contributed by atoms with Gasteiger partial charge in [-0.25, -0.2) is 9.97 Å². The number of pyridine rings is 1. The molecule has 2 rings (SSSR count). The predicted octanol–water partition coefficient (Wildman–Crippen LogP) is 0.480. The number of nitrogen functional groups attached to an aromatic ring is 2. The van der Waals surface area contributed by atoms with Crippen LogP contribution >= 0.6 is 11.8 Å². The summed E-state index contributed by atoms with van der Waals surface area (Å²) in [5.41, 5.74) is 10.6. The van der Waals surface area contributed by atoms with Crippen LogP contribution in [0.5, 0.6) is 0 Å². The lowest BCUT2D eigenvalue weighted by Crippen LogP contribution is -2.09. The smallest absolute Gasteiger partial charge is 0.253 e. The Bertz CT molecular complexity index is 551. The fourth-order valence-electron chi connectivity index (χ4n) is 1.07. The minimum atomic E-state index is -0.279. The SMILES string of the molecule is Nc1ccc(Sc2nc(N)cc(=O)[nH]2)cn1. The number of hydrogen-bond acceptors (Lipinski definition) is 6. The highest BCUT2D eigenvalue weighted by Crippen LogP contribution is 2.23. The van der Waals surface area contributed by atoms with E-state index in [0.29, 0.717) is 11.0 Å². The van der Waals surface area contributed by atoms with Gasteiger partial charge in [0.1, 0.15) is 11.6 Å². The summed E-state index contributed by atoms with van der Waals surface area (Å²) >= 11 is 1.26. The van der Waals surface area contributed by atoms with Gasteiger partial charge in [-0.15, -0.1) is 0 Å². The van der Waals surface area contributed by atoms with Crippen molar-refractivity contribution >= 4 is 23.4 Å². The molecule has 0 aliphatic carbocycles. The van der Waals surface area contributed by atoms with Gasteiger partial charge in [-0.05, 0) is 12.1 Å². The summed E-state index contributed by atoms with van der Waals surface area (Å²) in [5.74, 6) is 0.632. The Morgan fingerprint density at radius 2 is 2.06 bits per heavy atom. The summed E-state index contributed by atoms with van der Waals surface area (Å²) < 4.78 is 0. The van der Waals surface area contributed by atoms with E-state index in [-0.39, 0.29) is 11.4 Å². The van der Waals surface area contributed by atoms with Gasteiger partial charge in [0.2, 0.25) is 0 Å². The van der Waals surface area contributed by atoms with E-state index in [4.69, 9.17) is 11.5 Å². The molecule has 0 saturated carbocycles. The first kappa shape index (κ1) is 10.5. The van der Waals surface area contributed by atoms with Gasteiger partial charge in [0.15, 0.2) is 5.16 Å². The highest BCUT2D eigenvalue weighted by molar-refractivity contribution is 7.99. The lowest BCUT2D eigenvalue weighted by Gasteiger charge is -2.01. The molecule has 0 amide bonds. The number of H-pyrrole nitrogens is 1. The molecule has 82 valence electrons. The van der Waals surface area contributed by atoms with Gasteiger partial charge in [0, 0.05) is 17.2 Å². The molecule has 0 spiro atoms. The van der Waals surface area contributed by atoms with Crippen molar-refractivity contribution in [2.45, 2.75) is 10.1 Å². The van der Waals surface area contributed by atoms with Gasteiger partial charge in [-0.2, -0.15) is 0 Å². The van der Waals surface area contributed by atoms with Crippen molar-refractivity contribution in [1.29, 1.82) is 0 Å². The summed E-state index contributed by atoms with van der Waals surface area (Å²) in [4.78, 5) is 22.4. The topological polar surface area (TPSA) is 111 Å². The van der Waals surface area contributed by atoms with Crippen LogP contribution in [0.15, 0.2) is 39.2 Å². The monoisotopic (exact) mass is 235 g/mol. The Hall–Kier alpha value is -2.02. The second-order valence-corrected chi connectivity index (χ2v) is 4.06. The summed E-state index contributed by atoms with van der Waals surface area (Å²) in [6, 6.07) is 4.69. The van der Waals surface area contributed by atoms with Crippen LogP contribution in [-0.4, -0.2) is 15.0 Å². The molecule has 6 nitrogen and oxygen atoms in total. The Labute approximate surface area is 95.1 Å². The minimum Gasteiger partial charge on any atom is -0.384 e. The Kier molecular flexibility index (Phi) is 2.78. The van der Waals surface area contributed by atoms with Crippen LogP contribution in [0, 0.1) is 0 Å². The van der Waals surface area contributed by atoms with Crippen molar-refractivity contribution in [3.63, 3.8) is 0 Å². The number of anilines is 2. The van der Waals surface area contributed by atoms with E-state index in [1.807, 2.05) is 0 Å². The largest absolute Gasteiger partial charge is 0.384 e. The van der Waals surface area contributed by atoms with Crippen molar-refractivity contribution in [3.05, 3.63) is 34.7 Å². The first-order chi connectivity index (χ1) is 7.63. The van der Waals surface area contributed by atoms with Crippen LogP contribution in [0.3, 0.4) is 0 Å². The quantitative estimate of drug-likeness (QED) is 0.653. The minimum absolute atomic E-state index is 0.189. The van der Waals surface area contributed by atoms with Crippen LogP contribution in [0.25, 0.3) is 0 Å². The normalized spacial score (nSPS) is 10.2. The third-order valence-electron chi connectivity index (χ3n) is 1.71. The number of aromatic nitrogens is 3. The molecule has 0 atom stereocenters. The summed E-state index contributed by atoms with van der Waals surface area (Å²) in [7, 11) is 0. The number of nitrogens with two attached hydrogens (primary N) is 2. The van der Waals surface area contributed by atoms with E-state index < -0.39 is 0 Å². The molecule has 0 saturated heterocycles. The molecule has 2 aromatic rings. The first-order valence-corrected chi connectivity index (χ1v) is 5.21. The first-order valence-electron chi connectivity index (χ1n) is 4.40. The second kappa shape index (κ2) is 4.23. The molecule has 0 aromatic carbocycles. The Morgan fingerprint density at radius 3 is 2.69 bits per heavy atom. The Balaban J connectivity index is 2.26. The molecule has 0 fully saturated rings. The van der Waals surface area contributed by atoms with Crippen LogP contribution in [0.2, 0.25) is 0 Å². The lowest BCUT2D eigenvalue weighted by atomic mass is 10.5. The van der Waals surface area contributed by atoms with Crippen LogP contribution < -0.4 is 17.0 Å². The van der Waals surface area contributed by atoms with E-state index in [1.165, 1.54) is 17.8 Å². The molecular formula is C9H9N5OS. The summed E-state index contributed by atoms with van der Waals surface area (Å²) in [6.45, 7) is 0. The van der Waals surface area contributed by atoms with E-state index in [9.17, 15) is 4.79 Å². The number of aromatic amines is 1. The molecular weight excluding hydrogens is 226 g/mol. The average molecular weight is 235 g/mol. The highest BCUT2D eigenvalue weighted by Gasteiger charge is 2.01. The van der Waals surface area contributed by atoms with Crippen molar-refractivity contribution < 1.29 is 0 Å². The average Bonchev–Trinajstić information content (AvgIpc) is 2.20. The van der Waals surface area contributed by atoms with Gasteiger partial charge in [-0.1, -0.05) is 11.8 Å². The zero-order valence-electron chi connectivity index (χ0n) is 8.18. The zero-order chi connectivity index (χ0) is 11.5. The van der Waals surface area contributed by atoms with E-state index >= 15 is 0 Å². The second-order valence-electron chi connectivity index (χ2n) is 3.00. The van der Waals surface area contributed by atoms with Gasteiger partial charge < -0.3 is 16.5 Å². The van der Waals surface area contributed by atoms with E-state index in [2.05, 4.69) is 15.0 Å². The molecule has 0 radical (unpaired) electrons. The standard InChI is InChI=1S/C9H9N5OS/c10-6-2-1-5(4-12-6)16-9-13-7(11)3-8(15)14-9/h1-4H,(H2,10,12)(H3,11,13,14,15). The molecule has 2 heterocycles. The molecule has 2 aromatic heterocycles. The molecule has 16 heavy (non-hydrogen) atoms. The van der Waals surface area contributed by atoms with Gasteiger partial charge >= 0.3 is 0 Å². The summed E-state index contributed by atoms with van der Waals surface area (Å²) in [6.07, 6.45) is 1.60. The number of rotatable bonds is 2. The van der Waals surface area contributed by atoms with Gasteiger partial charge in [0.25, 0.3) is 5.56 Å².